The lowest BCUT2D eigenvalue weighted by atomic mass is 10.0. The molecule has 118 valence electrons. The molecule has 1 aliphatic carbocycles. The van der Waals surface area contributed by atoms with Gasteiger partial charge in [-0.15, -0.1) is 0 Å². The monoisotopic (exact) mass is 313 g/mol. The van der Waals surface area contributed by atoms with Gasteiger partial charge < -0.3 is 14.3 Å². The van der Waals surface area contributed by atoms with Crippen LogP contribution in [0.3, 0.4) is 0 Å². The molecule has 0 saturated heterocycles. The van der Waals surface area contributed by atoms with Crippen LogP contribution < -0.4 is 10.2 Å². The summed E-state index contributed by atoms with van der Waals surface area (Å²) in [4.78, 5) is 26.8. The largest absolute Gasteiger partial charge is 0.511 e. The minimum absolute atomic E-state index is 0.128. The van der Waals surface area contributed by atoms with Crippen molar-refractivity contribution in [3.8, 4) is 17.2 Å². The normalized spacial score (nSPS) is 11.3. The van der Waals surface area contributed by atoms with Gasteiger partial charge in [0.1, 0.15) is 11.2 Å². The molecule has 0 radical (unpaired) electrons. The molecule has 2 aliphatic rings. The molecular formula is C17H15NO5. The first-order chi connectivity index (χ1) is 10.9. The van der Waals surface area contributed by atoms with Crippen molar-refractivity contribution in [2.75, 3.05) is 0 Å². The number of hydrogen-bond donors (Lipinski definition) is 1. The Balaban J connectivity index is 2.20. The smallest absolute Gasteiger partial charge is 0.453 e. The van der Waals surface area contributed by atoms with Gasteiger partial charge in [-0.05, 0) is 30.0 Å². The van der Waals surface area contributed by atoms with Crippen molar-refractivity contribution < 1.29 is 19.1 Å². The summed E-state index contributed by atoms with van der Waals surface area (Å²) >= 11 is 0. The highest BCUT2D eigenvalue weighted by atomic mass is 16.7. The fourth-order valence-electron chi connectivity index (χ4n) is 2.49. The van der Waals surface area contributed by atoms with Crippen LogP contribution in [0.15, 0.2) is 39.5 Å². The fourth-order valence-corrected chi connectivity index (χ4v) is 2.49. The third kappa shape index (κ3) is 3.15. The van der Waals surface area contributed by atoms with E-state index < -0.39 is 11.6 Å². The molecule has 0 fully saturated rings. The molecule has 0 saturated carbocycles. The van der Waals surface area contributed by atoms with Gasteiger partial charge in [-0.25, -0.2) is 9.78 Å². The van der Waals surface area contributed by atoms with Gasteiger partial charge >= 0.3 is 6.16 Å². The predicted molar refractivity (Wildman–Crippen MR) is 84.1 cm³/mol. The molecule has 0 unspecified atom stereocenters. The Labute approximate surface area is 131 Å². The average molecular weight is 313 g/mol. The lowest BCUT2D eigenvalue weighted by Gasteiger charge is -2.11. The molecule has 6 nitrogen and oxygen atoms in total. The second-order valence-electron chi connectivity index (χ2n) is 5.75. The number of ether oxygens (including phenoxy) is 1. The van der Waals surface area contributed by atoms with E-state index in [1.807, 2.05) is 18.2 Å². The van der Waals surface area contributed by atoms with E-state index in [1.54, 1.807) is 0 Å². The third-order valence-corrected chi connectivity index (χ3v) is 3.33. The fraction of sp³-hybridized carbons (Fsp3) is 0.235. The number of aromatic nitrogens is 1. The summed E-state index contributed by atoms with van der Waals surface area (Å²) in [6, 6.07) is 8.00. The van der Waals surface area contributed by atoms with Crippen molar-refractivity contribution in [2.24, 2.45) is 5.92 Å². The molecule has 6 heteroatoms. The lowest BCUT2D eigenvalue weighted by Crippen LogP contribution is -2.09. The van der Waals surface area contributed by atoms with Crippen LogP contribution >= 0.6 is 0 Å². The van der Waals surface area contributed by atoms with Crippen LogP contribution in [0, 0.1) is 5.92 Å². The van der Waals surface area contributed by atoms with Crippen molar-refractivity contribution in [3.05, 3.63) is 46.1 Å². The van der Waals surface area contributed by atoms with Crippen molar-refractivity contribution in [3.63, 3.8) is 0 Å². The summed E-state index contributed by atoms with van der Waals surface area (Å²) in [5.41, 5.74) is 2.02. The number of nitrogens with zero attached hydrogens (tertiary/aromatic N) is 1. The number of carboxylic acid groups (broad SMARTS) is 1. The van der Waals surface area contributed by atoms with Gasteiger partial charge in [0.05, 0.1) is 0 Å². The Morgan fingerprint density at radius 3 is 2.78 bits per heavy atom. The summed E-state index contributed by atoms with van der Waals surface area (Å²) in [5, 5.41) is 8.77. The van der Waals surface area contributed by atoms with Crippen LogP contribution in [0.4, 0.5) is 4.79 Å². The van der Waals surface area contributed by atoms with Crippen LogP contribution in [-0.4, -0.2) is 16.2 Å². The van der Waals surface area contributed by atoms with Gasteiger partial charge in [0, 0.05) is 12.1 Å². The molecule has 0 bridgehead atoms. The average Bonchev–Trinajstić information content (AvgIpc) is 2.44. The van der Waals surface area contributed by atoms with Crippen LogP contribution in [0.2, 0.25) is 0 Å². The van der Waals surface area contributed by atoms with E-state index in [1.165, 1.54) is 6.07 Å². The van der Waals surface area contributed by atoms with E-state index in [0.29, 0.717) is 17.0 Å². The molecule has 1 aromatic carbocycles. The number of benzene rings is 2. The highest BCUT2D eigenvalue weighted by Crippen LogP contribution is 2.31. The van der Waals surface area contributed by atoms with Gasteiger partial charge in [0.25, 0.3) is 0 Å². The first kappa shape index (κ1) is 15.0. The molecule has 1 N–H and O–H groups in total. The molecule has 1 heterocycles. The summed E-state index contributed by atoms with van der Waals surface area (Å²) in [7, 11) is 0. The zero-order valence-corrected chi connectivity index (χ0v) is 12.7. The number of fused-ring (bicyclic) bond motifs is 2. The zero-order valence-electron chi connectivity index (χ0n) is 12.7. The Bertz CT molecular complexity index is 913. The minimum atomic E-state index is -1.51. The maximum atomic E-state index is 11.7. The van der Waals surface area contributed by atoms with Crippen LogP contribution in [0.5, 0.6) is 5.75 Å². The first-order valence-electron chi connectivity index (χ1n) is 7.20. The second-order valence-corrected chi connectivity index (χ2v) is 5.75. The number of hydrogen-bond acceptors (Lipinski definition) is 5. The highest BCUT2D eigenvalue weighted by molar-refractivity contribution is 5.79. The summed E-state index contributed by atoms with van der Waals surface area (Å²) in [6.07, 6.45) is -0.607. The summed E-state index contributed by atoms with van der Waals surface area (Å²) in [6.45, 7) is 4.25. The molecule has 1 aliphatic heterocycles. The molecule has 0 spiro atoms. The first-order valence-corrected chi connectivity index (χ1v) is 7.20. The predicted octanol–water partition coefficient (Wildman–Crippen LogP) is 3.55. The van der Waals surface area contributed by atoms with Gasteiger partial charge in [-0.3, -0.25) is 4.79 Å². The standard InChI is InChI=1S/C17H15NO5/c1-9(2)5-10-3-4-12-13(6-10)22-14-7-11(19)8-15(16(14)18-12)23-17(20)21/h3-4,6-9H,5H2,1-2H3,(H,20,21). The van der Waals surface area contributed by atoms with Gasteiger partial charge in [0.2, 0.25) is 0 Å². The molecule has 3 rings (SSSR count). The van der Waals surface area contributed by atoms with Crippen molar-refractivity contribution in [2.45, 2.75) is 20.3 Å². The van der Waals surface area contributed by atoms with E-state index >= 15 is 0 Å². The van der Waals surface area contributed by atoms with Crippen LogP contribution in [-0.2, 0) is 6.42 Å². The van der Waals surface area contributed by atoms with Gasteiger partial charge in [-0.1, -0.05) is 19.9 Å². The van der Waals surface area contributed by atoms with E-state index in [2.05, 4.69) is 23.6 Å². The molecular weight excluding hydrogens is 298 g/mol. The molecule has 0 aromatic heterocycles. The van der Waals surface area contributed by atoms with Crippen molar-refractivity contribution in [1.82, 2.24) is 4.98 Å². The Hall–Kier alpha value is -2.89. The van der Waals surface area contributed by atoms with Gasteiger partial charge in [0.15, 0.2) is 22.5 Å². The van der Waals surface area contributed by atoms with Crippen LogP contribution in [0.1, 0.15) is 19.4 Å². The van der Waals surface area contributed by atoms with E-state index in [4.69, 9.17) is 9.52 Å². The maximum Gasteiger partial charge on any atom is 0.511 e. The number of carbonyl (C=O) groups is 1. The van der Waals surface area contributed by atoms with Crippen LogP contribution in [0.25, 0.3) is 22.6 Å². The van der Waals surface area contributed by atoms with E-state index in [0.717, 1.165) is 18.1 Å². The number of rotatable bonds is 3. The van der Waals surface area contributed by atoms with E-state index in [-0.39, 0.29) is 17.2 Å². The van der Waals surface area contributed by atoms with Crippen molar-refractivity contribution >= 4 is 17.3 Å². The quantitative estimate of drug-likeness (QED) is 0.452. The molecule has 0 atom stereocenters. The molecule has 23 heavy (non-hydrogen) atoms. The Kier molecular flexibility index (Phi) is 3.73. The second kappa shape index (κ2) is 5.72. The van der Waals surface area contributed by atoms with Gasteiger partial charge in [-0.2, -0.15) is 0 Å². The van der Waals surface area contributed by atoms with Crippen molar-refractivity contribution in [1.29, 1.82) is 0 Å². The summed E-state index contributed by atoms with van der Waals surface area (Å²) in [5.74, 6) is 0.574. The maximum absolute atomic E-state index is 11.7. The van der Waals surface area contributed by atoms with E-state index in [9.17, 15) is 9.59 Å². The molecule has 0 amide bonds. The molecule has 1 aromatic rings. The lowest BCUT2D eigenvalue weighted by molar-refractivity contribution is 0.144. The topological polar surface area (TPSA) is 89.6 Å². The Morgan fingerprint density at radius 1 is 1.30 bits per heavy atom. The SMILES string of the molecule is CC(C)Cc1ccc2nc3c(OC(=O)O)cc(=O)cc-3oc2c1. The zero-order chi connectivity index (χ0) is 16.6. The Morgan fingerprint density at radius 2 is 2.09 bits per heavy atom. The highest BCUT2D eigenvalue weighted by Gasteiger charge is 2.18. The third-order valence-electron chi connectivity index (χ3n) is 3.33. The summed E-state index contributed by atoms with van der Waals surface area (Å²) < 4.78 is 10.4. The minimum Gasteiger partial charge on any atom is -0.453 e.